The minimum atomic E-state index is -4.49. The Balaban J connectivity index is 1.68. The van der Waals surface area contributed by atoms with Crippen molar-refractivity contribution in [2.75, 3.05) is 10.7 Å². The van der Waals surface area contributed by atoms with Crippen LogP contribution in [-0.2, 0) is 11.0 Å². The molecule has 2 aromatic carbocycles. The number of carbonyl (C=O) groups excluding carboxylic acids is 1. The highest BCUT2D eigenvalue weighted by atomic mass is 35.5. The summed E-state index contributed by atoms with van der Waals surface area (Å²) < 4.78 is 39.1. The van der Waals surface area contributed by atoms with Crippen LogP contribution < -0.4 is 4.90 Å². The highest BCUT2D eigenvalue weighted by molar-refractivity contribution is 7.99. The fourth-order valence-electron chi connectivity index (χ4n) is 3.23. The molecule has 0 spiro atoms. The third kappa shape index (κ3) is 3.19. The lowest BCUT2D eigenvalue weighted by atomic mass is 10.2. The molecular formula is C18H12ClF3N2OS2. The van der Waals surface area contributed by atoms with Gasteiger partial charge in [-0.15, -0.1) is 11.8 Å². The molecule has 0 aliphatic carbocycles. The quantitative estimate of drug-likeness (QED) is 0.620. The molecule has 2 atom stereocenters. The first-order chi connectivity index (χ1) is 12.8. The number of halogens is 4. The number of hydrogen-bond acceptors (Lipinski definition) is 3. The van der Waals surface area contributed by atoms with E-state index in [1.54, 1.807) is 28.8 Å². The third-order valence-corrected chi connectivity index (χ3v) is 6.47. The van der Waals surface area contributed by atoms with Gasteiger partial charge in [0.05, 0.1) is 11.3 Å². The first-order valence-electron chi connectivity index (χ1n) is 7.98. The fraction of sp³-hybridized carbons (Fsp3) is 0.222. The van der Waals surface area contributed by atoms with Gasteiger partial charge in [0.15, 0.2) is 5.11 Å². The SMILES string of the molecule is O=C1[C@@H]2CS[C@H](c3ccc(Cl)cc3)N2C(=S)N1c1cccc(C(F)(F)F)c1. The molecule has 0 unspecified atom stereocenters. The Morgan fingerprint density at radius 2 is 1.85 bits per heavy atom. The molecule has 2 saturated heterocycles. The van der Waals surface area contributed by atoms with Crippen LogP contribution in [0.25, 0.3) is 0 Å². The van der Waals surface area contributed by atoms with Gasteiger partial charge in [-0.3, -0.25) is 9.69 Å². The van der Waals surface area contributed by atoms with E-state index in [-0.39, 0.29) is 22.1 Å². The van der Waals surface area contributed by atoms with E-state index in [0.29, 0.717) is 10.8 Å². The molecule has 2 heterocycles. The average Bonchev–Trinajstić information content (AvgIpc) is 3.16. The van der Waals surface area contributed by atoms with Gasteiger partial charge < -0.3 is 4.90 Å². The summed E-state index contributed by atoms with van der Waals surface area (Å²) >= 11 is 13.0. The molecular weight excluding hydrogens is 417 g/mol. The lowest BCUT2D eigenvalue weighted by molar-refractivity contribution is -0.137. The normalized spacial score (nSPS) is 22.5. The van der Waals surface area contributed by atoms with E-state index >= 15 is 0 Å². The molecule has 0 aromatic heterocycles. The van der Waals surface area contributed by atoms with E-state index < -0.39 is 17.8 Å². The summed E-state index contributed by atoms with van der Waals surface area (Å²) in [4.78, 5) is 15.9. The first-order valence-corrected chi connectivity index (χ1v) is 9.81. The maximum atomic E-state index is 13.0. The van der Waals surface area contributed by atoms with Crippen LogP contribution in [-0.4, -0.2) is 27.7 Å². The Kier molecular flexibility index (Phi) is 4.60. The molecule has 2 aliphatic heterocycles. The number of carbonyl (C=O) groups is 1. The van der Waals surface area contributed by atoms with Gasteiger partial charge in [0.1, 0.15) is 11.4 Å². The van der Waals surface area contributed by atoms with E-state index in [1.807, 2.05) is 12.1 Å². The van der Waals surface area contributed by atoms with Crippen molar-refractivity contribution in [1.82, 2.24) is 4.90 Å². The monoisotopic (exact) mass is 428 g/mol. The molecule has 2 aromatic rings. The predicted octanol–water partition coefficient (Wildman–Crippen LogP) is 5.11. The number of benzene rings is 2. The third-order valence-electron chi connectivity index (χ3n) is 4.50. The van der Waals surface area contributed by atoms with Crippen molar-refractivity contribution in [2.45, 2.75) is 17.6 Å². The predicted molar refractivity (Wildman–Crippen MR) is 104 cm³/mol. The number of fused-ring (bicyclic) bond motifs is 1. The number of thioether (sulfide) groups is 1. The molecule has 4 rings (SSSR count). The second kappa shape index (κ2) is 6.68. The zero-order valence-corrected chi connectivity index (χ0v) is 16.0. The molecule has 0 radical (unpaired) electrons. The zero-order valence-electron chi connectivity index (χ0n) is 13.6. The Hall–Kier alpha value is -1.77. The van der Waals surface area contributed by atoms with E-state index in [9.17, 15) is 18.0 Å². The summed E-state index contributed by atoms with van der Waals surface area (Å²) in [6.07, 6.45) is -4.49. The molecule has 9 heteroatoms. The molecule has 2 aliphatic rings. The van der Waals surface area contributed by atoms with Crippen molar-refractivity contribution >= 4 is 52.3 Å². The van der Waals surface area contributed by atoms with Crippen molar-refractivity contribution in [2.24, 2.45) is 0 Å². The Morgan fingerprint density at radius 1 is 1.15 bits per heavy atom. The van der Waals surface area contributed by atoms with Crippen LogP contribution in [0.15, 0.2) is 48.5 Å². The van der Waals surface area contributed by atoms with Crippen LogP contribution in [0.2, 0.25) is 5.02 Å². The van der Waals surface area contributed by atoms with E-state index in [2.05, 4.69) is 0 Å². The zero-order chi connectivity index (χ0) is 19.3. The highest BCUT2D eigenvalue weighted by Gasteiger charge is 2.51. The average molecular weight is 429 g/mol. The summed E-state index contributed by atoms with van der Waals surface area (Å²) in [5.74, 6) is 0.213. The summed E-state index contributed by atoms with van der Waals surface area (Å²) in [6.45, 7) is 0. The number of alkyl halides is 3. The summed E-state index contributed by atoms with van der Waals surface area (Å²) in [7, 11) is 0. The number of thiocarbonyl (C=S) groups is 1. The highest BCUT2D eigenvalue weighted by Crippen LogP contribution is 2.46. The van der Waals surface area contributed by atoms with Gasteiger partial charge in [-0.25, -0.2) is 0 Å². The molecule has 3 nitrogen and oxygen atoms in total. The molecule has 0 bridgehead atoms. The van der Waals surface area contributed by atoms with E-state index in [4.69, 9.17) is 23.8 Å². The first kappa shape index (κ1) is 18.6. The van der Waals surface area contributed by atoms with Crippen molar-refractivity contribution in [1.29, 1.82) is 0 Å². The van der Waals surface area contributed by atoms with Gasteiger partial charge in [0.25, 0.3) is 5.91 Å². The largest absolute Gasteiger partial charge is 0.416 e. The van der Waals surface area contributed by atoms with Crippen molar-refractivity contribution in [3.63, 3.8) is 0 Å². The van der Waals surface area contributed by atoms with Gasteiger partial charge in [0.2, 0.25) is 0 Å². The topological polar surface area (TPSA) is 23.6 Å². The Morgan fingerprint density at radius 3 is 2.52 bits per heavy atom. The maximum absolute atomic E-state index is 13.0. The van der Waals surface area contributed by atoms with Crippen molar-refractivity contribution in [3.8, 4) is 0 Å². The number of anilines is 1. The van der Waals surface area contributed by atoms with Crippen LogP contribution in [0, 0.1) is 0 Å². The number of rotatable bonds is 2. The lowest BCUT2D eigenvalue weighted by Gasteiger charge is -2.26. The molecule has 27 heavy (non-hydrogen) atoms. The van der Waals surface area contributed by atoms with Gasteiger partial charge in [-0.05, 0) is 48.1 Å². The fourth-order valence-corrected chi connectivity index (χ4v) is 5.28. The minimum absolute atomic E-state index is 0.133. The smallest absolute Gasteiger partial charge is 0.319 e. The summed E-state index contributed by atoms with van der Waals surface area (Å²) in [5, 5.41) is 0.637. The summed E-state index contributed by atoms with van der Waals surface area (Å²) in [5.41, 5.74) is 0.258. The molecule has 140 valence electrons. The Labute approximate surface area is 168 Å². The van der Waals surface area contributed by atoms with Gasteiger partial charge in [-0.1, -0.05) is 29.8 Å². The molecule has 2 fully saturated rings. The van der Waals surface area contributed by atoms with Crippen LogP contribution in [0.3, 0.4) is 0 Å². The van der Waals surface area contributed by atoms with Crippen LogP contribution in [0.4, 0.5) is 18.9 Å². The number of nitrogens with zero attached hydrogens (tertiary/aromatic N) is 2. The molecule has 0 N–H and O–H groups in total. The van der Waals surface area contributed by atoms with Gasteiger partial charge >= 0.3 is 6.18 Å². The molecule has 0 saturated carbocycles. The van der Waals surface area contributed by atoms with Gasteiger partial charge in [0, 0.05) is 10.8 Å². The molecule has 1 amide bonds. The number of amides is 1. The number of hydrogen-bond donors (Lipinski definition) is 0. The van der Waals surface area contributed by atoms with Crippen LogP contribution >= 0.6 is 35.6 Å². The second-order valence-electron chi connectivity index (χ2n) is 6.16. The van der Waals surface area contributed by atoms with Gasteiger partial charge in [-0.2, -0.15) is 13.2 Å². The van der Waals surface area contributed by atoms with Crippen molar-refractivity contribution < 1.29 is 18.0 Å². The minimum Gasteiger partial charge on any atom is -0.319 e. The second-order valence-corrected chi connectivity index (χ2v) is 8.08. The van der Waals surface area contributed by atoms with Crippen LogP contribution in [0.1, 0.15) is 16.5 Å². The standard InChI is InChI=1S/C18H12ClF3N2OS2/c19-12-6-4-10(5-7-12)16-24-14(9-27-16)15(25)23(17(24)26)13-3-1-2-11(8-13)18(20,21)22/h1-8,14,16H,9H2/t14-,16+/m0/s1. The van der Waals surface area contributed by atoms with Crippen LogP contribution in [0.5, 0.6) is 0 Å². The van der Waals surface area contributed by atoms with E-state index in [1.165, 1.54) is 17.0 Å². The Bertz CT molecular complexity index is 920. The summed E-state index contributed by atoms with van der Waals surface area (Å²) in [6, 6.07) is 11.4. The maximum Gasteiger partial charge on any atom is 0.416 e. The van der Waals surface area contributed by atoms with Crippen molar-refractivity contribution in [3.05, 3.63) is 64.7 Å². The van der Waals surface area contributed by atoms with E-state index in [0.717, 1.165) is 17.7 Å². The lowest BCUT2D eigenvalue weighted by Crippen LogP contribution is -2.33.